The van der Waals surface area contributed by atoms with Crippen LogP contribution >= 0.6 is 0 Å². The van der Waals surface area contributed by atoms with Gasteiger partial charge in [-0.3, -0.25) is 9.78 Å². The molecule has 108 valence electrons. The Morgan fingerprint density at radius 3 is 2.65 bits per heavy atom. The van der Waals surface area contributed by atoms with Gasteiger partial charge in [0.05, 0.1) is 11.1 Å². The van der Waals surface area contributed by atoms with E-state index < -0.39 is 29.7 Å². The molecule has 1 atom stereocenters. The van der Waals surface area contributed by atoms with Crippen molar-refractivity contribution in [2.24, 2.45) is 0 Å². The van der Waals surface area contributed by atoms with Gasteiger partial charge in [0, 0.05) is 18.9 Å². The number of carboxylic acids is 1. The van der Waals surface area contributed by atoms with Gasteiger partial charge in [0.25, 0.3) is 5.91 Å². The first-order valence-electron chi connectivity index (χ1n) is 5.86. The summed E-state index contributed by atoms with van der Waals surface area (Å²) in [6, 6.07) is -0.302. The van der Waals surface area contributed by atoms with Crippen LogP contribution in [0.15, 0.2) is 18.5 Å². The summed E-state index contributed by atoms with van der Waals surface area (Å²) >= 11 is 0. The minimum atomic E-state index is -4.60. The summed E-state index contributed by atoms with van der Waals surface area (Å²) in [6.07, 6.45) is -2.16. The number of likely N-dealkylation sites (tertiary alicyclic amines) is 1. The second-order valence-electron chi connectivity index (χ2n) is 4.45. The maximum absolute atomic E-state index is 12.6. The van der Waals surface area contributed by atoms with Crippen molar-refractivity contribution in [1.29, 1.82) is 0 Å². The maximum Gasteiger partial charge on any atom is 0.417 e. The van der Waals surface area contributed by atoms with Gasteiger partial charge in [-0.1, -0.05) is 0 Å². The van der Waals surface area contributed by atoms with Crippen molar-refractivity contribution in [1.82, 2.24) is 9.88 Å². The largest absolute Gasteiger partial charge is 0.480 e. The summed E-state index contributed by atoms with van der Waals surface area (Å²) in [4.78, 5) is 27.5. The number of carbonyl (C=O) groups is 2. The molecule has 0 radical (unpaired) electrons. The molecule has 1 aliphatic rings. The van der Waals surface area contributed by atoms with Crippen molar-refractivity contribution in [2.75, 3.05) is 6.54 Å². The number of nitrogens with zero attached hydrogens (tertiary/aromatic N) is 2. The lowest BCUT2D eigenvalue weighted by molar-refractivity contribution is -0.141. The topological polar surface area (TPSA) is 70.5 Å². The lowest BCUT2D eigenvalue weighted by Crippen LogP contribution is -2.40. The molecule has 0 aliphatic carbocycles. The van der Waals surface area contributed by atoms with Crippen molar-refractivity contribution in [3.8, 4) is 0 Å². The highest BCUT2D eigenvalue weighted by Gasteiger charge is 2.36. The average Bonchev–Trinajstić information content (AvgIpc) is 2.86. The smallest absolute Gasteiger partial charge is 0.417 e. The van der Waals surface area contributed by atoms with E-state index in [2.05, 4.69) is 4.98 Å². The Morgan fingerprint density at radius 2 is 2.05 bits per heavy atom. The normalized spacial score (nSPS) is 19.1. The van der Waals surface area contributed by atoms with Gasteiger partial charge in [-0.25, -0.2) is 4.79 Å². The van der Waals surface area contributed by atoms with Crippen molar-refractivity contribution in [3.05, 3.63) is 29.6 Å². The monoisotopic (exact) mass is 288 g/mol. The van der Waals surface area contributed by atoms with Gasteiger partial charge in [0.15, 0.2) is 0 Å². The summed E-state index contributed by atoms with van der Waals surface area (Å²) in [5.74, 6) is -1.90. The highest BCUT2D eigenvalue weighted by atomic mass is 19.4. The van der Waals surface area contributed by atoms with E-state index in [1.165, 1.54) is 0 Å². The zero-order valence-electron chi connectivity index (χ0n) is 10.2. The maximum atomic E-state index is 12.6. The molecule has 2 rings (SSSR count). The number of aromatic nitrogens is 1. The SMILES string of the molecule is O=C(O)[C@H]1CCCN1C(=O)c1cncc(C(F)(F)F)c1. The lowest BCUT2D eigenvalue weighted by atomic mass is 10.1. The molecule has 8 heteroatoms. The number of halogens is 3. The first-order valence-corrected chi connectivity index (χ1v) is 5.86. The number of hydrogen-bond acceptors (Lipinski definition) is 3. The van der Waals surface area contributed by atoms with E-state index in [1.54, 1.807) is 0 Å². The highest BCUT2D eigenvalue weighted by Crippen LogP contribution is 2.29. The predicted octanol–water partition coefficient (Wildman–Crippen LogP) is 1.79. The van der Waals surface area contributed by atoms with E-state index in [0.29, 0.717) is 25.1 Å². The molecule has 1 aromatic rings. The number of rotatable bonds is 2. The van der Waals surface area contributed by atoms with E-state index in [0.717, 1.165) is 11.1 Å². The summed E-state index contributed by atoms with van der Waals surface area (Å²) in [6.45, 7) is 0.214. The third kappa shape index (κ3) is 2.73. The third-order valence-corrected chi connectivity index (χ3v) is 3.11. The number of hydrogen-bond donors (Lipinski definition) is 1. The molecule has 1 aliphatic heterocycles. The summed E-state index contributed by atoms with van der Waals surface area (Å²) in [5.41, 5.74) is -1.29. The Kier molecular flexibility index (Phi) is 3.65. The molecule has 5 nitrogen and oxygen atoms in total. The van der Waals surface area contributed by atoms with Crippen LogP contribution in [0.2, 0.25) is 0 Å². The van der Waals surface area contributed by atoms with Crippen LogP contribution < -0.4 is 0 Å². The van der Waals surface area contributed by atoms with Gasteiger partial charge in [-0.15, -0.1) is 0 Å². The highest BCUT2D eigenvalue weighted by molar-refractivity contribution is 5.96. The van der Waals surface area contributed by atoms with Gasteiger partial charge in [-0.2, -0.15) is 13.2 Å². The minimum Gasteiger partial charge on any atom is -0.480 e. The van der Waals surface area contributed by atoms with Crippen molar-refractivity contribution < 1.29 is 27.9 Å². The second-order valence-corrected chi connectivity index (χ2v) is 4.45. The van der Waals surface area contributed by atoms with Crippen LogP contribution in [0.4, 0.5) is 13.2 Å². The second kappa shape index (κ2) is 5.10. The lowest BCUT2D eigenvalue weighted by Gasteiger charge is -2.21. The van der Waals surface area contributed by atoms with Crippen molar-refractivity contribution in [2.45, 2.75) is 25.1 Å². The van der Waals surface area contributed by atoms with Gasteiger partial charge in [-0.05, 0) is 18.9 Å². The van der Waals surface area contributed by atoms with Gasteiger partial charge in [0.1, 0.15) is 6.04 Å². The molecular formula is C12H11F3N2O3. The molecule has 20 heavy (non-hydrogen) atoms. The summed E-state index contributed by atoms with van der Waals surface area (Å²) < 4.78 is 37.7. The molecule has 0 spiro atoms. The zero-order chi connectivity index (χ0) is 14.9. The fourth-order valence-corrected chi connectivity index (χ4v) is 2.14. The minimum absolute atomic E-state index is 0.214. The van der Waals surface area contributed by atoms with Gasteiger partial charge in [0.2, 0.25) is 0 Å². The van der Waals surface area contributed by atoms with Gasteiger partial charge < -0.3 is 10.0 Å². The molecule has 1 amide bonds. The van der Waals surface area contributed by atoms with Crippen LogP contribution in [-0.2, 0) is 11.0 Å². The number of alkyl halides is 3. The van der Waals surface area contributed by atoms with Crippen LogP contribution in [0.3, 0.4) is 0 Å². The van der Waals surface area contributed by atoms with Crippen LogP contribution in [0.25, 0.3) is 0 Å². The Bertz CT molecular complexity index is 545. The Morgan fingerprint density at radius 1 is 1.35 bits per heavy atom. The number of amides is 1. The first-order chi connectivity index (χ1) is 9.30. The Labute approximate surface area is 112 Å². The van der Waals surface area contributed by atoms with Gasteiger partial charge >= 0.3 is 12.1 Å². The molecule has 1 saturated heterocycles. The quantitative estimate of drug-likeness (QED) is 0.900. The molecule has 0 unspecified atom stereocenters. The van der Waals surface area contributed by atoms with Crippen LogP contribution in [0.1, 0.15) is 28.8 Å². The molecule has 0 bridgehead atoms. The molecule has 0 saturated carbocycles. The van der Waals surface area contributed by atoms with Crippen molar-refractivity contribution >= 4 is 11.9 Å². The van der Waals surface area contributed by atoms with Crippen LogP contribution in [0.5, 0.6) is 0 Å². The van der Waals surface area contributed by atoms with Crippen LogP contribution in [0, 0.1) is 0 Å². The fraction of sp³-hybridized carbons (Fsp3) is 0.417. The first kappa shape index (κ1) is 14.3. The summed E-state index contributed by atoms with van der Waals surface area (Å²) in [5, 5.41) is 8.97. The van der Waals surface area contributed by atoms with E-state index in [4.69, 9.17) is 5.11 Å². The average molecular weight is 288 g/mol. The zero-order valence-corrected chi connectivity index (χ0v) is 10.2. The van der Waals surface area contributed by atoms with Crippen molar-refractivity contribution in [3.63, 3.8) is 0 Å². The molecule has 2 heterocycles. The predicted molar refractivity (Wildman–Crippen MR) is 60.9 cm³/mol. The summed E-state index contributed by atoms with van der Waals surface area (Å²) in [7, 11) is 0. The van der Waals surface area contributed by atoms with E-state index in [-0.39, 0.29) is 12.1 Å². The van der Waals surface area contributed by atoms with E-state index in [1.807, 2.05) is 0 Å². The molecule has 1 N–H and O–H groups in total. The standard InChI is InChI=1S/C12H11F3N2O3/c13-12(14,15)8-4-7(5-16-6-8)10(18)17-3-1-2-9(17)11(19)20/h4-6,9H,1-3H2,(H,19,20)/t9-/m1/s1. The van der Waals surface area contributed by atoms with Crippen LogP contribution in [-0.4, -0.2) is 39.5 Å². The molecule has 1 fully saturated rings. The number of carboxylic acid groups (broad SMARTS) is 1. The van der Waals surface area contributed by atoms with E-state index >= 15 is 0 Å². The molecular weight excluding hydrogens is 277 g/mol. The molecule has 0 aromatic carbocycles. The molecule has 1 aromatic heterocycles. The Hall–Kier alpha value is -2.12. The number of carbonyl (C=O) groups excluding carboxylic acids is 1. The van der Waals surface area contributed by atoms with E-state index in [9.17, 15) is 22.8 Å². The Balaban J connectivity index is 2.28. The number of pyridine rings is 1. The number of aliphatic carboxylic acids is 1. The third-order valence-electron chi connectivity index (χ3n) is 3.11. The fourth-order valence-electron chi connectivity index (χ4n) is 2.14.